The Morgan fingerprint density at radius 1 is 1.13 bits per heavy atom. The Labute approximate surface area is 94.4 Å². The van der Waals surface area contributed by atoms with E-state index in [2.05, 4.69) is 31.1 Å². The summed E-state index contributed by atoms with van der Waals surface area (Å²) in [4.78, 5) is 2.78. The van der Waals surface area contributed by atoms with Gasteiger partial charge in [-0.2, -0.15) is 0 Å². The molecule has 0 spiro atoms. The topological polar surface area (TPSA) is 15.3 Å². The van der Waals surface area contributed by atoms with Crippen molar-refractivity contribution in [2.45, 2.75) is 70.0 Å². The Bertz CT molecular complexity index is 205. The van der Waals surface area contributed by atoms with Crippen LogP contribution in [0.15, 0.2) is 0 Å². The standard InChI is InChI=1S/C13H26N2/c1-13(2)9-4-10-15(13)12-7-5-11(14-3)6-8-12/h11-12,14H,4-10H2,1-3H3. The molecule has 0 amide bonds. The monoisotopic (exact) mass is 210 g/mol. The highest BCUT2D eigenvalue weighted by Crippen LogP contribution is 2.35. The zero-order valence-corrected chi connectivity index (χ0v) is 10.6. The van der Waals surface area contributed by atoms with E-state index < -0.39 is 0 Å². The molecule has 0 unspecified atom stereocenters. The van der Waals surface area contributed by atoms with Crippen LogP contribution >= 0.6 is 0 Å². The Morgan fingerprint density at radius 3 is 2.27 bits per heavy atom. The number of nitrogens with one attached hydrogen (secondary N) is 1. The van der Waals surface area contributed by atoms with Crippen LogP contribution in [0.5, 0.6) is 0 Å². The first-order valence-corrected chi connectivity index (χ1v) is 6.57. The van der Waals surface area contributed by atoms with E-state index in [-0.39, 0.29) is 0 Å². The van der Waals surface area contributed by atoms with E-state index in [0.29, 0.717) is 5.54 Å². The minimum Gasteiger partial charge on any atom is -0.317 e. The van der Waals surface area contributed by atoms with E-state index in [1.807, 2.05) is 0 Å². The number of hydrogen-bond acceptors (Lipinski definition) is 2. The number of hydrogen-bond donors (Lipinski definition) is 1. The first-order chi connectivity index (χ1) is 7.13. The summed E-state index contributed by atoms with van der Waals surface area (Å²) in [7, 11) is 2.10. The number of nitrogens with zero attached hydrogens (tertiary/aromatic N) is 1. The molecule has 2 heteroatoms. The van der Waals surface area contributed by atoms with Crippen LogP contribution < -0.4 is 5.32 Å². The van der Waals surface area contributed by atoms with E-state index in [9.17, 15) is 0 Å². The first-order valence-electron chi connectivity index (χ1n) is 6.57. The van der Waals surface area contributed by atoms with Crippen molar-refractivity contribution < 1.29 is 0 Å². The van der Waals surface area contributed by atoms with Crippen LogP contribution in [-0.2, 0) is 0 Å². The Morgan fingerprint density at radius 2 is 1.80 bits per heavy atom. The third kappa shape index (κ3) is 2.36. The van der Waals surface area contributed by atoms with Gasteiger partial charge in [0.05, 0.1) is 0 Å². The minimum absolute atomic E-state index is 0.469. The fourth-order valence-corrected chi connectivity index (χ4v) is 3.48. The SMILES string of the molecule is CNC1CCC(N2CCCC2(C)C)CC1. The molecule has 1 saturated carbocycles. The maximum atomic E-state index is 3.42. The van der Waals surface area contributed by atoms with E-state index in [4.69, 9.17) is 0 Å². The molecular weight excluding hydrogens is 184 g/mol. The quantitative estimate of drug-likeness (QED) is 0.753. The highest BCUT2D eigenvalue weighted by atomic mass is 15.2. The van der Waals surface area contributed by atoms with Crippen LogP contribution in [0, 0.1) is 0 Å². The van der Waals surface area contributed by atoms with E-state index in [0.717, 1.165) is 12.1 Å². The molecule has 0 bridgehead atoms. The lowest BCUT2D eigenvalue weighted by Crippen LogP contribution is -2.48. The molecule has 0 aromatic rings. The van der Waals surface area contributed by atoms with Gasteiger partial charge in [-0.25, -0.2) is 0 Å². The predicted molar refractivity (Wildman–Crippen MR) is 65.1 cm³/mol. The van der Waals surface area contributed by atoms with Crippen molar-refractivity contribution in [3.05, 3.63) is 0 Å². The Hall–Kier alpha value is -0.0800. The Kier molecular flexibility index (Phi) is 3.36. The molecule has 1 heterocycles. The zero-order valence-electron chi connectivity index (χ0n) is 10.6. The van der Waals surface area contributed by atoms with Crippen LogP contribution in [0.1, 0.15) is 52.4 Å². The maximum Gasteiger partial charge on any atom is 0.0156 e. The van der Waals surface area contributed by atoms with Gasteiger partial charge in [0.15, 0.2) is 0 Å². The lowest BCUT2D eigenvalue weighted by molar-refractivity contribution is 0.0834. The third-order valence-electron chi connectivity index (χ3n) is 4.51. The van der Waals surface area contributed by atoms with Crippen LogP contribution in [0.2, 0.25) is 0 Å². The Balaban J connectivity index is 1.90. The van der Waals surface area contributed by atoms with E-state index in [1.165, 1.54) is 45.1 Å². The van der Waals surface area contributed by atoms with Crippen molar-refractivity contribution in [1.82, 2.24) is 10.2 Å². The fraction of sp³-hybridized carbons (Fsp3) is 1.00. The molecule has 2 nitrogen and oxygen atoms in total. The van der Waals surface area contributed by atoms with Crippen LogP contribution in [0.25, 0.3) is 0 Å². The van der Waals surface area contributed by atoms with Crippen molar-refractivity contribution in [2.24, 2.45) is 0 Å². The molecule has 1 N–H and O–H groups in total. The summed E-state index contributed by atoms with van der Waals surface area (Å²) in [5.74, 6) is 0. The van der Waals surface area contributed by atoms with Gasteiger partial charge in [0.2, 0.25) is 0 Å². The molecular formula is C13H26N2. The maximum absolute atomic E-state index is 3.42. The van der Waals surface area contributed by atoms with Crippen molar-refractivity contribution >= 4 is 0 Å². The molecule has 88 valence electrons. The van der Waals surface area contributed by atoms with Gasteiger partial charge in [-0.15, -0.1) is 0 Å². The van der Waals surface area contributed by atoms with Gasteiger partial charge < -0.3 is 5.32 Å². The molecule has 1 aliphatic carbocycles. The zero-order chi connectivity index (χ0) is 10.9. The predicted octanol–water partition coefficient (Wildman–Crippen LogP) is 2.39. The van der Waals surface area contributed by atoms with Gasteiger partial charge in [-0.3, -0.25) is 4.90 Å². The molecule has 0 aromatic carbocycles. The highest BCUT2D eigenvalue weighted by Gasteiger charge is 2.37. The van der Waals surface area contributed by atoms with E-state index >= 15 is 0 Å². The average molecular weight is 210 g/mol. The molecule has 15 heavy (non-hydrogen) atoms. The van der Waals surface area contributed by atoms with Crippen LogP contribution in [0.3, 0.4) is 0 Å². The highest BCUT2D eigenvalue weighted by molar-refractivity contribution is 4.94. The molecule has 2 aliphatic rings. The average Bonchev–Trinajstić information content (AvgIpc) is 2.58. The summed E-state index contributed by atoms with van der Waals surface area (Å²) in [6.45, 7) is 6.18. The summed E-state index contributed by atoms with van der Waals surface area (Å²) >= 11 is 0. The van der Waals surface area contributed by atoms with Crippen molar-refractivity contribution in [3.63, 3.8) is 0 Å². The summed E-state index contributed by atoms with van der Waals surface area (Å²) in [6.07, 6.45) is 8.32. The summed E-state index contributed by atoms with van der Waals surface area (Å²) < 4.78 is 0. The third-order valence-corrected chi connectivity index (χ3v) is 4.51. The summed E-state index contributed by atoms with van der Waals surface area (Å²) in [5, 5.41) is 3.42. The molecule has 0 radical (unpaired) electrons. The molecule has 0 atom stereocenters. The normalized spacial score (nSPS) is 37.0. The van der Waals surface area contributed by atoms with Gasteiger partial charge in [0.25, 0.3) is 0 Å². The second-order valence-electron chi connectivity index (χ2n) is 5.90. The second-order valence-corrected chi connectivity index (χ2v) is 5.90. The first kappa shape index (κ1) is 11.4. The largest absolute Gasteiger partial charge is 0.317 e. The van der Waals surface area contributed by atoms with Crippen molar-refractivity contribution in [3.8, 4) is 0 Å². The lowest BCUT2D eigenvalue weighted by atomic mass is 9.88. The summed E-state index contributed by atoms with van der Waals surface area (Å²) in [6, 6.07) is 1.65. The molecule has 0 aromatic heterocycles. The van der Waals surface area contributed by atoms with Gasteiger partial charge >= 0.3 is 0 Å². The number of likely N-dealkylation sites (tertiary alicyclic amines) is 1. The second kappa shape index (κ2) is 4.42. The smallest absolute Gasteiger partial charge is 0.0156 e. The minimum atomic E-state index is 0.469. The molecule has 2 fully saturated rings. The van der Waals surface area contributed by atoms with Crippen LogP contribution in [0.4, 0.5) is 0 Å². The number of rotatable bonds is 2. The van der Waals surface area contributed by atoms with Gasteiger partial charge in [0.1, 0.15) is 0 Å². The molecule has 1 saturated heterocycles. The van der Waals surface area contributed by atoms with Gasteiger partial charge in [0, 0.05) is 17.6 Å². The fourth-order valence-electron chi connectivity index (χ4n) is 3.48. The van der Waals surface area contributed by atoms with Crippen molar-refractivity contribution in [2.75, 3.05) is 13.6 Å². The molecule has 2 rings (SSSR count). The lowest BCUT2D eigenvalue weighted by Gasteiger charge is -2.41. The van der Waals surface area contributed by atoms with Gasteiger partial charge in [-0.05, 0) is 66.0 Å². The van der Waals surface area contributed by atoms with Crippen molar-refractivity contribution in [1.29, 1.82) is 0 Å². The van der Waals surface area contributed by atoms with E-state index in [1.54, 1.807) is 0 Å². The van der Waals surface area contributed by atoms with Gasteiger partial charge in [-0.1, -0.05) is 0 Å². The molecule has 1 aliphatic heterocycles. The summed E-state index contributed by atoms with van der Waals surface area (Å²) in [5.41, 5.74) is 0.469. The van der Waals surface area contributed by atoms with Crippen LogP contribution in [-0.4, -0.2) is 36.1 Å².